The number of rotatable bonds is 3. The van der Waals surface area contributed by atoms with Crippen LogP contribution in [0.2, 0.25) is 10.3 Å². The highest BCUT2D eigenvalue weighted by Gasteiger charge is 2.13. The van der Waals surface area contributed by atoms with Gasteiger partial charge in [-0.25, -0.2) is 9.07 Å². The summed E-state index contributed by atoms with van der Waals surface area (Å²) in [5, 5.41) is 5.03. The van der Waals surface area contributed by atoms with E-state index < -0.39 is 0 Å². The predicted molar refractivity (Wildman–Crippen MR) is 81.0 cm³/mol. The maximum atomic E-state index is 13.7. The number of hydrogen-bond acceptors (Lipinski definition) is 2. The lowest BCUT2D eigenvalue weighted by Crippen LogP contribution is -2.04. The maximum absolute atomic E-state index is 13.7. The Hall–Kier alpha value is -1.91. The van der Waals surface area contributed by atoms with Gasteiger partial charge in [0.05, 0.1) is 11.6 Å². The molecule has 21 heavy (non-hydrogen) atoms. The topological polar surface area (TPSA) is 30.7 Å². The summed E-state index contributed by atoms with van der Waals surface area (Å²) in [6.45, 7) is 0.211. The first-order valence-corrected chi connectivity index (χ1v) is 6.99. The second-order valence-corrected chi connectivity index (χ2v) is 5.18. The minimum absolute atomic E-state index is 0.188. The predicted octanol–water partition coefficient (Wildman–Crippen LogP) is 4.44. The van der Waals surface area contributed by atoms with Gasteiger partial charge in [0.1, 0.15) is 5.82 Å². The Bertz CT molecular complexity index is 786. The molecular formula is C15H10Cl2FN3. The average Bonchev–Trinajstić information content (AvgIpc) is 2.83. The van der Waals surface area contributed by atoms with Crippen molar-refractivity contribution in [2.45, 2.75) is 6.54 Å². The van der Waals surface area contributed by atoms with Crippen LogP contribution in [0.15, 0.2) is 48.5 Å². The highest BCUT2D eigenvalue weighted by molar-refractivity contribution is 6.33. The van der Waals surface area contributed by atoms with Gasteiger partial charge in [-0.1, -0.05) is 41.9 Å². The first-order chi connectivity index (χ1) is 10.1. The quantitative estimate of drug-likeness (QED) is 0.714. The summed E-state index contributed by atoms with van der Waals surface area (Å²) in [4.78, 5) is 4.18. The van der Waals surface area contributed by atoms with E-state index in [1.807, 2.05) is 12.1 Å². The van der Waals surface area contributed by atoms with Crippen molar-refractivity contribution in [1.29, 1.82) is 0 Å². The number of benzene rings is 2. The van der Waals surface area contributed by atoms with Gasteiger partial charge in [-0.2, -0.15) is 4.98 Å². The van der Waals surface area contributed by atoms with Crippen LogP contribution in [0.1, 0.15) is 5.56 Å². The molecule has 0 amide bonds. The summed E-state index contributed by atoms with van der Waals surface area (Å²) in [5.41, 5.74) is 1.18. The lowest BCUT2D eigenvalue weighted by Gasteiger charge is -2.03. The Balaban J connectivity index is 1.96. The molecule has 0 bridgehead atoms. The molecule has 1 aromatic heterocycles. The van der Waals surface area contributed by atoms with E-state index in [9.17, 15) is 4.39 Å². The first kappa shape index (κ1) is 14.0. The zero-order chi connectivity index (χ0) is 14.8. The van der Waals surface area contributed by atoms with Crippen molar-refractivity contribution in [3.05, 3.63) is 70.2 Å². The molecule has 0 aliphatic carbocycles. The second-order valence-electron chi connectivity index (χ2n) is 4.43. The molecule has 3 rings (SSSR count). The van der Waals surface area contributed by atoms with Gasteiger partial charge >= 0.3 is 0 Å². The Labute approximate surface area is 131 Å². The van der Waals surface area contributed by atoms with Crippen LogP contribution >= 0.6 is 23.2 Å². The van der Waals surface area contributed by atoms with Crippen molar-refractivity contribution in [3.63, 3.8) is 0 Å². The summed E-state index contributed by atoms with van der Waals surface area (Å²) in [6.07, 6.45) is 0. The van der Waals surface area contributed by atoms with Crippen molar-refractivity contribution < 1.29 is 4.39 Å². The van der Waals surface area contributed by atoms with Gasteiger partial charge < -0.3 is 0 Å². The van der Waals surface area contributed by atoms with Crippen molar-refractivity contribution in [2.24, 2.45) is 0 Å². The van der Waals surface area contributed by atoms with Gasteiger partial charge in [0.2, 0.25) is 5.28 Å². The van der Waals surface area contributed by atoms with Gasteiger partial charge in [0.15, 0.2) is 5.82 Å². The van der Waals surface area contributed by atoms with Crippen LogP contribution in [0.4, 0.5) is 4.39 Å². The largest absolute Gasteiger partial charge is 0.231 e. The molecule has 0 unspecified atom stereocenters. The lowest BCUT2D eigenvalue weighted by atomic mass is 10.2. The maximum Gasteiger partial charge on any atom is 0.221 e. The van der Waals surface area contributed by atoms with Gasteiger partial charge in [-0.3, -0.25) is 0 Å². The molecular weight excluding hydrogens is 312 g/mol. The molecule has 0 aliphatic heterocycles. The van der Waals surface area contributed by atoms with Crippen molar-refractivity contribution >= 4 is 23.2 Å². The summed E-state index contributed by atoms with van der Waals surface area (Å²) >= 11 is 12.2. The molecule has 0 N–H and O–H groups in total. The average molecular weight is 322 g/mol. The van der Waals surface area contributed by atoms with Crippen LogP contribution in [0.25, 0.3) is 11.4 Å². The Morgan fingerprint density at radius 1 is 1.00 bits per heavy atom. The molecule has 0 radical (unpaired) electrons. The molecule has 0 saturated heterocycles. The second kappa shape index (κ2) is 5.84. The van der Waals surface area contributed by atoms with Crippen LogP contribution in [0, 0.1) is 5.82 Å². The third kappa shape index (κ3) is 2.91. The first-order valence-electron chi connectivity index (χ1n) is 6.24. The van der Waals surface area contributed by atoms with Crippen LogP contribution in [0.5, 0.6) is 0 Å². The molecule has 1 heterocycles. The molecule has 3 nitrogen and oxygen atoms in total. The third-order valence-electron chi connectivity index (χ3n) is 3.02. The lowest BCUT2D eigenvalue weighted by molar-refractivity contribution is 0.585. The minimum atomic E-state index is -0.302. The monoisotopic (exact) mass is 321 g/mol. The van der Waals surface area contributed by atoms with Gasteiger partial charge in [0, 0.05) is 11.1 Å². The third-order valence-corrected chi connectivity index (χ3v) is 3.63. The molecule has 0 saturated carbocycles. The fourth-order valence-corrected chi connectivity index (χ4v) is 2.37. The van der Waals surface area contributed by atoms with Crippen molar-refractivity contribution in [3.8, 4) is 11.4 Å². The van der Waals surface area contributed by atoms with Crippen LogP contribution < -0.4 is 0 Å². The summed E-state index contributed by atoms with van der Waals surface area (Å²) in [7, 11) is 0. The van der Waals surface area contributed by atoms with Crippen LogP contribution in [-0.2, 0) is 6.54 Å². The molecule has 0 atom stereocenters. The molecule has 3 aromatic rings. The molecule has 0 spiro atoms. The fourth-order valence-electron chi connectivity index (χ4n) is 1.97. The van der Waals surface area contributed by atoms with Gasteiger partial charge in [-0.05, 0) is 29.8 Å². The zero-order valence-corrected chi connectivity index (χ0v) is 12.3. The van der Waals surface area contributed by atoms with Crippen molar-refractivity contribution in [2.75, 3.05) is 0 Å². The Morgan fingerprint density at radius 3 is 2.48 bits per heavy atom. The van der Waals surface area contributed by atoms with E-state index in [0.717, 1.165) is 0 Å². The van der Waals surface area contributed by atoms with E-state index in [1.54, 1.807) is 30.3 Å². The molecule has 2 aromatic carbocycles. The SMILES string of the molecule is Fc1ccccc1Cn1nc(-c2ccccc2Cl)nc1Cl. The molecule has 6 heteroatoms. The van der Waals surface area contributed by atoms with Crippen molar-refractivity contribution in [1.82, 2.24) is 14.8 Å². The summed E-state index contributed by atoms with van der Waals surface area (Å²) in [5.74, 6) is 0.116. The summed E-state index contributed by atoms with van der Waals surface area (Å²) < 4.78 is 15.1. The number of nitrogens with zero attached hydrogens (tertiary/aromatic N) is 3. The van der Waals surface area contributed by atoms with E-state index >= 15 is 0 Å². The zero-order valence-electron chi connectivity index (χ0n) is 10.8. The number of aromatic nitrogens is 3. The smallest absolute Gasteiger partial charge is 0.221 e. The summed E-state index contributed by atoms with van der Waals surface area (Å²) in [6, 6.07) is 13.7. The number of halogens is 3. The standard InChI is InChI=1S/C15H10Cl2FN3/c16-12-7-3-2-6-11(12)14-19-15(17)21(20-14)9-10-5-1-4-8-13(10)18/h1-8H,9H2. The molecule has 106 valence electrons. The fraction of sp³-hybridized carbons (Fsp3) is 0.0667. The number of hydrogen-bond donors (Lipinski definition) is 0. The van der Waals surface area contributed by atoms with E-state index in [1.165, 1.54) is 10.7 Å². The Kier molecular flexibility index (Phi) is 3.90. The van der Waals surface area contributed by atoms with E-state index in [0.29, 0.717) is 22.0 Å². The van der Waals surface area contributed by atoms with E-state index in [-0.39, 0.29) is 17.6 Å². The van der Waals surface area contributed by atoms with E-state index in [4.69, 9.17) is 23.2 Å². The molecule has 0 fully saturated rings. The molecule has 0 aliphatic rings. The normalized spacial score (nSPS) is 10.8. The highest BCUT2D eigenvalue weighted by atomic mass is 35.5. The van der Waals surface area contributed by atoms with Gasteiger partial charge in [0.25, 0.3) is 0 Å². The highest BCUT2D eigenvalue weighted by Crippen LogP contribution is 2.26. The van der Waals surface area contributed by atoms with Crippen LogP contribution in [-0.4, -0.2) is 14.8 Å². The minimum Gasteiger partial charge on any atom is -0.231 e. The van der Waals surface area contributed by atoms with Gasteiger partial charge in [-0.15, -0.1) is 5.10 Å². The van der Waals surface area contributed by atoms with Crippen LogP contribution in [0.3, 0.4) is 0 Å². The Morgan fingerprint density at radius 2 is 1.71 bits per heavy atom. The van der Waals surface area contributed by atoms with E-state index in [2.05, 4.69) is 10.1 Å².